The summed E-state index contributed by atoms with van der Waals surface area (Å²) < 4.78 is 5.39. The number of ether oxygens (including phenoxy) is 1. The van der Waals surface area contributed by atoms with Crippen molar-refractivity contribution in [1.82, 2.24) is 9.97 Å². The van der Waals surface area contributed by atoms with Gasteiger partial charge in [-0.05, 0) is 12.5 Å². The third-order valence-corrected chi connectivity index (χ3v) is 5.26. The third kappa shape index (κ3) is 4.96. The molecule has 2 aromatic rings. The van der Waals surface area contributed by atoms with E-state index in [4.69, 9.17) is 9.72 Å². The number of aliphatic hydroxyl groups is 1. The zero-order valence-electron chi connectivity index (χ0n) is 16.3. The highest BCUT2D eigenvalue weighted by molar-refractivity contribution is 5.35. The number of nitrogens with zero attached hydrogens (tertiary/aromatic N) is 1. The Bertz CT molecular complexity index is 819. The lowest BCUT2D eigenvalue weighted by Gasteiger charge is -2.26. The first kappa shape index (κ1) is 19.6. The van der Waals surface area contributed by atoms with Gasteiger partial charge in [-0.1, -0.05) is 38.0 Å². The topological polar surface area (TPSA) is 79.7 Å². The average molecular weight is 372 g/mol. The van der Waals surface area contributed by atoms with Crippen LogP contribution in [0.1, 0.15) is 48.8 Å². The van der Waals surface area contributed by atoms with Crippen LogP contribution in [0.4, 0.5) is 0 Å². The predicted molar refractivity (Wildman–Crippen MR) is 104 cm³/mol. The first-order valence-corrected chi connectivity index (χ1v) is 9.85. The van der Waals surface area contributed by atoms with Gasteiger partial charge in [0.05, 0.1) is 24.9 Å². The SMILES string of the molecule is CCCC[C@H](O)C[NH+]1CCc2nc(Cc3ccccc3OC)[nH]c(=O)c2C1. The van der Waals surface area contributed by atoms with Crippen molar-refractivity contribution in [2.45, 2.75) is 51.7 Å². The Hall–Kier alpha value is -2.18. The first-order valence-electron chi connectivity index (χ1n) is 9.85. The molecule has 0 amide bonds. The van der Waals surface area contributed by atoms with Crippen LogP contribution in [-0.4, -0.2) is 41.4 Å². The van der Waals surface area contributed by atoms with Gasteiger partial charge in [-0.3, -0.25) is 4.79 Å². The Morgan fingerprint density at radius 2 is 2.19 bits per heavy atom. The van der Waals surface area contributed by atoms with Crippen molar-refractivity contribution in [2.24, 2.45) is 0 Å². The average Bonchev–Trinajstić information content (AvgIpc) is 2.67. The summed E-state index contributed by atoms with van der Waals surface area (Å²) in [5.74, 6) is 1.48. The van der Waals surface area contributed by atoms with E-state index in [0.29, 0.717) is 25.3 Å². The molecule has 3 rings (SSSR count). The zero-order valence-corrected chi connectivity index (χ0v) is 16.3. The molecule has 1 aromatic heterocycles. The largest absolute Gasteiger partial charge is 0.496 e. The number of aromatic nitrogens is 2. The maximum atomic E-state index is 12.6. The highest BCUT2D eigenvalue weighted by atomic mass is 16.5. The second-order valence-corrected chi connectivity index (χ2v) is 7.35. The van der Waals surface area contributed by atoms with Crippen LogP contribution >= 0.6 is 0 Å². The summed E-state index contributed by atoms with van der Waals surface area (Å²) >= 11 is 0. The number of benzene rings is 1. The summed E-state index contributed by atoms with van der Waals surface area (Å²) in [5, 5.41) is 10.2. The summed E-state index contributed by atoms with van der Waals surface area (Å²) in [7, 11) is 1.65. The molecule has 27 heavy (non-hydrogen) atoms. The van der Waals surface area contributed by atoms with Crippen LogP contribution in [0.5, 0.6) is 5.75 Å². The van der Waals surface area contributed by atoms with Gasteiger partial charge in [0, 0.05) is 18.4 Å². The zero-order chi connectivity index (χ0) is 19.2. The van der Waals surface area contributed by atoms with Gasteiger partial charge in [0.2, 0.25) is 0 Å². The molecule has 0 saturated heterocycles. The number of methoxy groups -OCH3 is 1. The lowest BCUT2D eigenvalue weighted by atomic mass is 10.0. The van der Waals surface area contributed by atoms with Crippen molar-refractivity contribution in [1.29, 1.82) is 0 Å². The predicted octanol–water partition coefficient (Wildman–Crippen LogP) is 0.861. The van der Waals surface area contributed by atoms with Gasteiger partial charge >= 0.3 is 0 Å². The fraction of sp³-hybridized carbons (Fsp3) is 0.524. The molecule has 0 saturated carbocycles. The van der Waals surface area contributed by atoms with Gasteiger partial charge in [0.25, 0.3) is 5.56 Å². The number of H-pyrrole nitrogens is 1. The second-order valence-electron chi connectivity index (χ2n) is 7.35. The monoisotopic (exact) mass is 372 g/mol. The fourth-order valence-corrected chi connectivity index (χ4v) is 3.78. The molecule has 2 atom stereocenters. The normalized spacial score (nSPS) is 17.4. The molecule has 146 valence electrons. The van der Waals surface area contributed by atoms with Gasteiger partial charge in [-0.15, -0.1) is 0 Å². The number of fused-ring (bicyclic) bond motifs is 1. The molecule has 0 aliphatic carbocycles. The van der Waals surface area contributed by atoms with Crippen molar-refractivity contribution in [3.05, 3.63) is 57.3 Å². The van der Waals surface area contributed by atoms with E-state index in [2.05, 4.69) is 11.9 Å². The van der Waals surface area contributed by atoms with Crippen LogP contribution in [0.15, 0.2) is 29.1 Å². The molecule has 0 fully saturated rings. The number of hydrogen-bond acceptors (Lipinski definition) is 4. The van der Waals surface area contributed by atoms with Crippen molar-refractivity contribution < 1.29 is 14.7 Å². The number of nitrogens with one attached hydrogen (secondary N) is 2. The number of para-hydroxylation sites is 1. The Morgan fingerprint density at radius 3 is 2.96 bits per heavy atom. The van der Waals surface area contributed by atoms with E-state index in [-0.39, 0.29) is 11.7 Å². The Kier molecular flexibility index (Phi) is 6.63. The third-order valence-electron chi connectivity index (χ3n) is 5.26. The van der Waals surface area contributed by atoms with Crippen LogP contribution in [0.2, 0.25) is 0 Å². The summed E-state index contributed by atoms with van der Waals surface area (Å²) in [4.78, 5) is 21.6. The van der Waals surface area contributed by atoms with Crippen molar-refractivity contribution >= 4 is 0 Å². The van der Waals surface area contributed by atoms with Gasteiger partial charge in [-0.25, -0.2) is 4.98 Å². The summed E-state index contributed by atoms with van der Waals surface area (Å²) in [6.45, 7) is 4.36. The molecule has 6 nitrogen and oxygen atoms in total. The number of quaternary nitrogens is 1. The highest BCUT2D eigenvalue weighted by Crippen LogP contribution is 2.19. The molecule has 1 unspecified atom stereocenters. The minimum atomic E-state index is -0.293. The van der Waals surface area contributed by atoms with Gasteiger partial charge in [0.1, 0.15) is 30.8 Å². The minimum Gasteiger partial charge on any atom is -0.496 e. The number of unbranched alkanes of at least 4 members (excludes halogenated alkanes) is 1. The molecule has 3 N–H and O–H groups in total. The van der Waals surface area contributed by atoms with Crippen molar-refractivity contribution in [3.63, 3.8) is 0 Å². The van der Waals surface area contributed by atoms with E-state index in [1.165, 1.54) is 4.90 Å². The molecular formula is C21H30N3O3+. The van der Waals surface area contributed by atoms with Gasteiger partial charge in [-0.2, -0.15) is 0 Å². The number of hydrogen-bond donors (Lipinski definition) is 3. The van der Waals surface area contributed by atoms with E-state index in [0.717, 1.165) is 54.8 Å². The minimum absolute atomic E-state index is 0.0508. The van der Waals surface area contributed by atoms with Crippen molar-refractivity contribution in [2.75, 3.05) is 20.2 Å². The Labute approximate surface area is 160 Å². The van der Waals surface area contributed by atoms with E-state index in [1.54, 1.807) is 7.11 Å². The molecule has 6 heteroatoms. The molecule has 1 aliphatic heterocycles. The van der Waals surface area contributed by atoms with E-state index in [1.807, 2.05) is 24.3 Å². The number of aromatic amines is 1. The van der Waals surface area contributed by atoms with Crippen LogP contribution in [0.3, 0.4) is 0 Å². The lowest BCUT2D eigenvalue weighted by Crippen LogP contribution is -3.13. The molecule has 1 aliphatic rings. The lowest BCUT2D eigenvalue weighted by molar-refractivity contribution is -0.919. The van der Waals surface area contributed by atoms with E-state index in [9.17, 15) is 9.90 Å². The molecule has 0 spiro atoms. The highest BCUT2D eigenvalue weighted by Gasteiger charge is 2.25. The molecule has 0 bridgehead atoms. The smallest absolute Gasteiger partial charge is 0.260 e. The summed E-state index contributed by atoms with van der Waals surface area (Å²) in [5.41, 5.74) is 2.62. The van der Waals surface area contributed by atoms with Gasteiger partial charge in [0.15, 0.2) is 0 Å². The second kappa shape index (κ2) is 9.15. The number of rotatable bonds is 8. The molecule has 2 heterocycles. The molecular weight excluding hydrogens is 342 g/mol. The van der Waals surface area contributed by atoms with Crippen LogP contribution < -0.4 is 15.2 Å². The van der Waals surface area contributed by atoms with E-state index < -0.39 is 0 Å². The Morgan fingerprint density at radius 1 is 1.37 bits per heavy atom. The van der Waals surface area contributed by atoms with Crippen LogP contribution in [0.25, 0.3) is 0 Å². The van der Waals surface area contributed by atoms with Crippen LogP contribution in [0, 0.1) is 0 Å². The fourth-order valence-electron chi connectivity index (χ4n) is 3.78. The maximum absolute atomic E-state index is 12.6. The van der Waals surface area contributed by atoms with Gasteiger partial charge < -0.3 is 19.7 Å². The standard InChI is InChI=1S/C21H29N3O3/c1-3-4-8-16(25)13-24-11-10-18-17(14-24)21(26)23-20(22-18)12-15-7-5-6-9-19(15)27-2/h5-7,9,16,25H,3-4,8,10-14H2,1-2H3,(H,22,23,26)/p+1/t16-/m0/s1. The Balaban J connectivity index is 1.72. The number of aliphatic hydroxyl groups excluding tert-OH is 1. The molecule has 1 aromatic carbocycles. The van der Waals surface area contributed by atoms with Crippen LogP contribution in [-0.2, 0) is 19.4 Å². The summed E-state index contributed by atoms with van der Waals surface area (Å²) in [6.07, 6.45) is 3.98. The van der Waals surface area contributed by atoms with Crippen molar-refractivity contribution in [3.8, 4) is 5.75 Å². The summed E-state index contributed by atoms with van der Waals surface area (Å²) in [6, 6.07) is 7.79. The quantitative estimate of drug-likeness (QED) is 0.642. The molecule has 0 radical (unpaired) electrons. The van der Waals surface area contributed by atoms with E-state index >= 15 is 0 Å². The maximum Gasteiger partial charge on any atom is 0.260 e. The first-order chi connectivity index (χ1) is 13.1.